The van der Waals surface area contributed by atoms with Crippen molar-refractivity contribution in [1.29, 1.82) is 0 Å². The lowest BCUT2D eigenvalue weighted by molar-refractivity contribution is -0.144. The van der Waals surface area contributed by atoms with Gasteiger partial charge in [-0.25, -0.2) is 9.50 Å². The van der Waals surface area contributed by atoms with Gasteiger partial charge in [0.1, 0.15) is 6.33 Å². The summed E-state index contributed by atoms with van der Waals surface area (Å²) in [6.45, 7) is 10.3. The normalized spacial score (nSPS) is 22.4. The quantitative estimate of drug-likeness (QED) is 0.236. The first-order valence-electron chi connectivity index (χ1n) is 14.7. The predicted octanol–water partition coefficient (Wildman–Crippen LogP) is 5.07. The molecule has 1 N–H and O–H groups in total. The van der Waals surface area contributed by atoms with Crippen LogP contribution >= 0.6 is 12.6 Å². The molecule has 1 saturated carbocycles. The average molecular weight is 631 g/mol. The highest BCUT2D eigenvalue weighted by atomic mass is 32.1. The van der Waals surface area contributed by atoms with Crippen molar-refractivity contribution in [1.82, 2.24) is 29.4 Å². The van der Waals surface area contributed by atoms with Gasteiger partial charge in [-0.1, -0.05) is 27.7 Å². The first-order chi connectivity index (χ1) is 21.0. The number of nitrogens with one attached hydrogen (secondary N) is 1. The SMILES string of the molecule is CC.CC1(C)C2C(=O)N(Cc3cc4c(-c5cc(C(F)(F)F)cc6ccn(CC7CNCCO7)c56)ncnn4c3)C(=O)C21.CS. The van der Waals surface area contributed by atoms with Crippen LogP contribution in [-0.2, 0) is 33.6 Å². The zero-order chi connectivity index (χ0) is 32.0. The van der Waals surface area contributed by atoms with Crippen LogP contribution in [0.4, 0.5) is 13.2 Å². The van der Waals surface area contributed by atoms with Gasteiger partial charge in [-0.15, -0.1) is 0 Å². The van der Waals surface area contributed by atoms with Crippen LogP contribution in [0, 0.1) is 17.3 Å². The number of fused-ring (bicyclic) bond motifs is 3. The molecule has 1 aliphatic carbocycles. The van der Waals surface area contributed by atoms with Crippen LogP contribution in [0.5, 0.6) is 0 Å². The van der Waals surface area contributed by atoms with E-state index in [1.54, 1.807) is 30.8 Å². The Hall–Kier alpha value is -3.42. The van der Waals surface area contributed by atoms with Crippen LogP contribution in [0.3, 0.4) is 0 Å². The maximum atomic E-state index is 14.0. The van der Waals surface area contributed by atoms with E-state index in [1.807, 2.05) is 32.3 Å². The van der Waals surface area contributed by atoms with Gasteiger partial charge in [-0.3, -0.25) is 14.5 Å². The lowest BCUT2D eigenvalue weighted by Crippen LogP contribution is -2.40. The molecule has 3 unspecified atom stereocenters. The zero-order valence-electron chi connectivity index (χ0n) is 25.4. The number of likely N-dealkylation sites (tertiary alicyclic amines) is 1. The molecule has 2 saturated heterocycles. The summed E-state index contributed by atoms with van der Waals surface area (Å²) in [5.74, 6) is -0.944. The second-order valence-corrected chi connectivity index (χ2v) is 11.5. The molecule has 0 bridgehead atoms. The molecule has 3 atom stereocenters. The Bertz CT molecular complexity index is 1670. The van der Waals surface area contributed by atoms with Crippen LogP contribution in [0.1, 0.15) is 38.8 Å². The van der Waals surface area contributed by atoms with Crippen LogP contribution < -0.4 is 5.32 Å². The van der Waals surface area contributed by atoms with Gasteiger partial charge in [0, 0.05) is 36.4 Å². The number of piperidine rings is 1. The van der Waals surface area contributed by atoms with Crippen LogP contribution in [0.25, 0.3) is 27.7 Å². The van der Waals surface area contributed by atoms with Crippen molar-refractivity contribution in [3.63, 3.8) is 0 Å². The lowest BCUT2D eigenvalue weighted by atomic mass is 10.0. The number of nitrogens with zero attached hydrogens (tertiary/aromatic N) is 5. The molecule has 0 spiro atoms. The van der Waals surface area contributed by atoms with Gasteiger partial charge in [0.05, 0.1) is 59.9 Å². The molecule has 44 heavy (non-hydrogen) atoms. The third-order valence-corrected chi connectivity index (χ3v) is 8.54. The van der Waals surface area contributed by atoms with Gasteiger partial charge < -0.3 is 14.6 Å². The summed E-state index contributed by atoms with van der Waals surface area (Å²) in [6, 6.07) is 5.67. The number of imide groups is 1. The number of ether oxygens (including phenoxy) is 1. The van der Waals surface area contributed by atoms with Gasteiger partial charge in [0.15, 0.2) is 0 Å². The number of benzene rings is 1. The highest BCUT2D eigenvalue weighted by Crippen LogP contribution is 2.63. The third kappa shape index (κ3) is 5.49. The topological polar surface area (TPSA) is 93.8 Å². The zero-order valence-corrected chi connectivity index (χ0v) is 26.2. The van der Waals surface area contributed by atoms with Crippen molar-refractivity contribution in [2.24, 2.45) is 17.3 Å². The van der Waals surface area contributed by atoms with E-state index in [2.05, 4.69) is 28.0 Å². The number of thiol groups is 1. The number of rotatable bonds is 5. The molecule has 2 aliphatic heterocycles. The highest BCUT2D eigenvalue weighted by molar-refractivity contribution is 7.79. The van der Waals surface area contributed by atoms with Gasteiger partial charge in [0.25, 0.3) is 0 Å². The molecule has 4 aromatic rings. The monoisotopic (exact) mass is 630 g/mol. The second kappa shape index (κ2) is 12.2. The van der Waals surface area contributed by atoms with E-state index in [1.165, 1.54) is 15.7 Å². The largest absolute Gasteiger partial charge is 0.416 e. The Morgan fingerprint density at radius 1 is 1.11 bits per heavy atom. The average Bonchev–Trinajstić information content (AvgIpc) is 3.36. The minimum Gasteiger partial charge on any atom is -0.374 e. The standard InChI is InChI=1S/C28H27F3N6O3.C2H6.CH4S/c1-27(2)21-22(27)26(39)36(25(21)38)11-15-7-20-23(33-14-34-37(20)12-15)19-9-17(28(29,30)31)8-16-3-5-35(24(16)19)13-18-10-32-4-6-40-18;2*1-2/h3,5,7-9,12,14,18,21-22,32H,4,6,10-11,13H2,1-2H3;1-2H3;2H,1H3. The summed E-state index contributed by atoms with van der Waals surface area (Å²) >= 11 is 3.53. The third-order valence-electron chi connectivity index (χ3n) is 8.54. The first kappa shape index (κ1) is 32.0. The molecule has 1 aromatic carbocycles. The fourth-order valence-electron chi connectivity index (χ4n) is 6.42. The van der Waals surface area contributed by atoms with Crippen molar-refractivity contribution < 1.29 is 27.5 Å². The van der Waals surface area contributed by atoms with Crippen LogP contribution in [-0.4, -0.2) is 67.9 Å². The number of hydrogen-bond acceptors (Lipinski definition) is 7. The molecule has 9 nitrogen and oxygen atoms in total. The minimum absolute atomic E-state index is 0.0734. The Labute approximate surface area is 259 Å². The van der Waals surface area contributed by atoms with Crippen molar-refractivity contribution in [2.45, 2.75) is 53.1 Å². The number of halogens is 3. The number of hydrogen-bond donors (Lipinski definition) is 2. The Balaban J connectivity index is 0.000000924. The van der Waals surface area contributed by atoms with Crippen molar-refractivity contribution in [3.8, 4) is 11.3 Å². The molecule has 3 aliphatic rings. The maximum absolute atomic E-state index is 14.0. The van der Waals surface area contributed by atoms with Crippen molar-refractivity contribution in [2.75, 3.05) is 26.0 Å². The Kier molecular flexibility index (Phi) is 8.85. The molecular weight excluding hydrogens is 593 g/mol. The molecule has 2 amide bonds. The molecular formula is C31H37F3N6O3S. The predicted molar refractivity (Wildman–Crippen MR) is 164 cm³/mol. The fraction of sp³-hybridized carbons (Fsp3) is 0.484. The molecule has 7 rings (SSSR count). The molecule has 3 aromatic heterocycles. The molecule has 0 radical (unpaired) electrons. The summed E-state index contributed by atoms with van der Waals surface area (Å²) in [5.41, 5.74) is 1.28. The van der Waals surface area contributed by atoms with E-state index < -0.39 is 11.7 Å². The van der Waals surface area contributed by atoms with Gasteiger partial charge >= 0.3 is 6.18 Å². The smallest absolute Gasteiger partial charge is 0.374 e. The first-order valence-corrected chi connectivity index (χ1v) is 15.6. The van der Waals surface area contributed by atoms with E-state index in [-0.39, 0.29) is 41.7 Å². The fourth-order valence-corrected chi connectivity index (χ4v) is 6.42. The second-order valence-electron chi connectivity index (χ2n) is 11.5. The Morgan fingerprint density at radius 3 is 2.45 bits per heavy atom. The number of amides is 2. The van der Waals surface area contributed by atoms with Gasteiger partial charge in [-0.05, 0) is 41.5 Å². The summed E-state index contributed by atoms with van der Waals surface area (Å²) in [7, 11) is 0. The maximum Gasteiger partial charge on any atom is 0.416 e. The molecule has 13 heteroatoms. The number of carbonyl (C=O) groups excluding carboxylic acids is 2. The number of morpholine rings is 1. The molecule has 5 heterocycles. The molecule has 236 valence electrons. The van der Waals surface area contributed by atoms with Crippen molar-refractivity contribution in [3.05, 3.63) is 54.1 Å². The van der Waals surface area contributed by atoms with E-state index in [0.29, 0.717) is 52.9 Å². The van der Waals surface area contributed by atoms with Crippen molar-refractivity contribution >= 4 is 40.9 Å². The highest BCUT2D eigenvalue weighted by Gasteiger charge is 2.72. The van der Waals surface area contributed by atoms with Gasteiger partial charge in [-0.2, -0.15) is 30.9 Å². The summed E-state index contributed by atoms with van der Waals surface area (Å²) in [4.78, 5) is 31.5. The Morgan fingerprint density at radius 2 is 1.82 bits per heavy atom. The summed E-state index contributed by atoms with van der Waals surface area (Å²) < 4.78 is 51.2. The van der Waals surface area contributed by atoms with E-state index in [0.717, 1.165) is 18.7 Å². The van der Waals surface area contributed by atoms with Crippen LogP contribution in [0.2, 0.25) is 0 Å². The van der Waals surface area contributed by atoms with Crippen LogP contribution in [0.15, 0.2) is 43.0 Å². The number of alkyl halides is 3. The minimum atomic E-state index is -4.55. The van der Waals surface area contributed by atoms with Gasteiger partial charge in [0.2, 0.25) is 11.8 Å². The molecule has 3 fully saturated rings. The number of aromatic nitrogens is 4. The van der Waals surface area contributed by atoms with E-state index in [4.69, 9.17) is 4.74 Å². The summed E-state index contributed by atoms with van der Waals surface area (Å²) in [6.07, 6.45) is 1.76. The van der Waals surface area contributed by atoms with E-state index in [9.17, 15) is 22.8 Å². The number of carbonyl (C=O) groups is 2. The summed E-state index contributed by atoms with van der Waals surface area (Å²) in [5, 5.41) is 7.98. The van der Waals surface area contributed by atoms with E-state index >= 15 is 0 Å². The lowest BCUT2D eigenvalue weighted by Gasteiger charge is -2.24.